The second-order valence-corrected chi connectivity index (χ2v) is 8.44. The summed E-state index contributed by atoms with van der Waals surface area (Å²) in [5.41, 5.74) is 0.196. The van der Waals surface area contributed by atoms with Crippen LogP contribution in [-0.2, 0) is 14.3 Å². The topological polar surface area (TPSA) is 138 Å². The molecule has 0 unspecified atom stereocenters. The Hall–Kier alpha value is -3.93. The lowest BCUT2D eigenvalue weighted by Gasteiger charge is -2.12. The van der Waals surface area contributed by atoms with Crippen LogP contribution in [0.2, 0.25) is 0 Å². The first-order chi connectivity index (χ1) is 16.2. The van der Waals surface area contributed by atoms with Gasteiger partial charge in [0.25, 0.3) is 17.0 Å². The van der Waals surface area contributed by atoms with Gasteiger partial charge < -0.3 is 14.2 Å². The standard InChI is InChI=1S/C22H21N3O8S/c1-13(2)12-32-19(26)11-24-21(27)18(34-22(24)28)10-14-6-7-16(17(9-14)31-3)33-20-15(25(29)30)5-4-8-23-20/h4-10,13H,11-12H2,1-3H3/b18-10-. The van der Waals surface area contributed by atoms with Crippen LogP contribution in [0.25, 0.3) is 6.08 Å². The molecule has 0 aliphatic carbocycles. The fourth-order valence-corrected chi connectivity index (χ4v) is 3.62. The molecule has 0 radical (unpaired) electrons. The molecule has 0 atom stereocenters. The SMILES string of the molecule is COc1cc(/C=C2\SC(=O)N(CC(=O)OCC(C)C)C2=O)ccc1Oc1ncccc1[N+](=O)[O-]. The van der Waals surface area contributed by atoms with Gasteiger partial charge in [0.2, 0.25) is 0 Å². The summed E-state index contributed by atoms with van der Waals surface area (Å²) in [5, 5.41) is 10.6. The highest BCUT2D eigenvalue weighted by atomic mass is 32.2. The fourth-order valence-electron chi connectivity index (χ4n) is 2.78. The van der Waals surface area contributed by atoms with Crippen LogP contribution < -0.4 is 9.47 Å². The molecule has 0 N–H and O–H groups in total. The highest BCUT2D eigenvalue weighted by Gasteiger charge is 2.36. The predicted octanol–water partition coefficient (Wildman–Crippen LogP) is 4.03. The molecule has 1 aliphatic heterocycles. The lowest BCUT2D eigenvalue weighted by molar-refractivity contribution is -0.386. The van der Waals surface area contributed by atoms with Gasteiger partial charge in [-0.2, -0.15) is 0 Å². The molecule has 1 aromatic carbocycles. The van der Waals surface area contributed by atoms with Gasteiger partial charge in [0.1, 0.15) is 6.54 Å². The molecular formula is C22H21N3O8S. The number of benzene rings is 1. The summed E-state index contributed by atoms with van der Waals surface area (Å²) >= 11 is 0.702. The molecule has 3 rings (SSSR count). The van der Waals surface area contributed by atoms with Crippen LogP contribution in [0.4, 0.5) is 10.5 Å². The number of nitro groups is 1. The Morgan fingerprint density at radius 2 is 2.03 bits per heavy atom. The van der Waals surface area contributed by atoms with E-state index in [1.165, 1.54) is 43.6 Å². The molecule has 34 heavy (non-hydrogen) atoms. The predicted molar refractivity (Wildman–Crippen MR) is 122 cm³/mol. The minimum Gasteiger partial charge on any atom is -0.493 e. The van der Waals surface area contributed by atoms with E-state index < -0.39 is 28.6 Å². The first-order valence-electron chi connectivity index (χ1n) is 10.1. The molecule has 1 fully saturated rings. The van der Waals surface area contributed by atoms with Gasteiger partial charge in [0, 0.05) is 12.3 Å². The van der Waals surface area contributed by atoms with Crippen LogP contribution in [0.3, 0.4) is 0 Å². The molecule has 11 nitrogen and oxygen atoms in total. The van der Waals surface area contributed by atoms with Crippen molar-refractivity contribution in [1.29, 1.82) is 0 Å². The van der Waals surface area contributed by atoms with E-state index in [0.29, 0.717) is 17.3 Å². The molecule has 178 valence electrons. The number of rotatable bonds is 9. The first kappa shape index (κ1) is 24.7. The molecule has 1 saturated heterocycles. The van der Waals surface area contributed by atoms with Crippen LogP contribution in [0.5, 0.6) is 17.4 Å². The Bertz CT molecular complexity index is 1160. The Labute approximate surface area is 198 Å². The summed E-state index contributed by atoms with van der Waals surface area (Å²) in [7, 11) is 1.38. The van der Waals surface area contributed by atoms with Gasteiger partial charge in [-0.3, -0.25) is 29.4 Å². The van der Waals surface area contributed by atoms with Crippen molar-refractivity contribution in [1.82, 2.24) is 9.88 Å². The molecule has 2 aromatic rings. The number of amides is 2. The van der Waals surface area contributed by atoms with Gasteiger partial charge >= 0.3 is 11.7 Å². The van der Waals surface area contributed by atoms with Crippen molar-refractivity contribution in [3.8, 4) is 17.4 Å². The highest BCUT2D eigenvalue weighted by molar-refractivity contribution is 8.18. The van der Waals surface area contributed by atoms with Crippen molar-refractivity contribution in [2.24, 2.45) is 5.92 Å². The Morgan fingerprint density at radius 1 is 1.26 bits per heavy atom. The molecule has 1 aromatic heterocycles. The van der Waals surface area contributed by atoms with E-state index in [-0.39, 0.29) is 40.5 Å². The largest absolute Gasteiger partial charge is 0.493 e. The van der Waals surface area contributed by atoms with Crippen molar-refractivity contribution in [3.63, 3.8) is 0 Å². The van der Waals surface area contributed by atoms with Crippen molar-refractivity contribution in [2.45, 2.75) is 13.8 Å². The third-order valence-corrected chi connectivity index (χ3v) is 5.29. The van der Waals surface area contributed by atoms with E-state index in [4.69, 9.17) is 14.2 Å². The summed E-state index contributed by atoms with van der Waals surface area (Å²) in [5.74, 6) is -0.954. The molecule has 1 aliphatic rings. The maximum atomic E-state index is 12.6. The second kappa shape index (κ2) is 10.8. The zero-order valence-corrected chi connectivity index (χ0v) is 19.4. The minimum atomic E-state index is -0.663. The summed E-state index contributed by atoms with van der Waals surface area (Å²) in [6.07, 6.45) is 2.83. The number of hydrogen-bond donors (Lipinski definition) is 0. The molecule has 12 heteroatoms. The van der Waals surface area contributed by atoms with Gasteiger partial charge in [-0.15, -0.1) is 0 Å². The van der Waals surface area contributed by atoms with E-state index in [1.54, 1.807) is 6.07 Å². The number of nitrogens with zero attached hydrogens (tertiary/aromatic N) is 3. The van der Waals surface area contributed by atoms with E-state index in [2.05, 4.69) is 4.98 Å². The highest BCUT2D eigenvalue weighted by Crippen LogP contribution is 2.37. The number of carbonyl (C=O) groups excluding carboxylic acids is 3. The van der Waals surface area contributed by atoms with E-state index in [9.17, 15) is 24.5 Å². The lowest BCUT2D eigenvalue weighted by atomic mass is 10.2. The van der Waals surface area contributed by atoms with Crippen LogP contribution in [0.1, 0.15) is 19.4 Å². The number of thioether (sulfide) groups is 1. The quantitative estimate of drug-likeness (QED) is 0.220. The summed E-state index contributed by atoms with van der Waals surface area (Å²) in [6.45, 7) is 3.48. The summed E-state index contributed by atoms with van der Waals surface area (Å²) in [4.78, 5) is 52.2. The van der Waals surface area contributed by atoms with Crippen LogP contribution >= 0.6 is 11.8 Å². The van der Waals surface area contributed by atoms with Gasteiger partial charge in [-0.05, 0) is 47.5 Å². The normalized spacial score (nSPS) is 14.6. The third kappa shape index (κ3) is 5.90. The van der Waals surface area contributed by atoms with E-state index >= 15 is 0 Å². The minimum absolute atomic E-state index is 0.123. The first-order valence-corrected chi connectivity index (χ1v) is 10.9. The zero-order valence-electron chi connectivity index (χ0n) is 18.5. The average molecular weight is 487 g/mol. The van der Waals surface area contributed by atoms with Gasteiger partial charge in [0.15, 0.2) is 11.5 Å². The number of carbonyl (C=O) groups is 3. The maximum Gasteiger partial charge on any atom is 0.331 e. The maximum absolute atomic E-state index is 12.6. The smallest absolute Gasteiger partial charge is 0.331 e. The third-order valence-electron chi connectivity index (χ3n) is 4.38. The molecular weight excluding hydrogens is 466 g/mol. The molecule has 0 saturated carbocycles. The van der Waals surface area contributed by atoms with Gasteiger partial charge in [0.05, 0.1) is 23.5 Å². The average Bonchev–Trinajstić information content (AvgIpc) is 3.06. The molecule has 2 amide bonds. The number of hydrogen-bond acceptors (Lipinski definition) is 10. The monoisotopic (exact) mass is 487 g/mol. The van der Waals surface area contributed by atoms with Gasteiger partial charge in [-0.25, -0.2) is 4.98 Å². The fraction of sp³-hybridized carbons (Fsp3) is 0.273. The van der Waals surface area contributed by atoms with E-state index in [0.717, 1.165) is 4.90 Å². The number of imide groups is 1. The Kier molecular flexibility index (Phi) is 7.84. The molecule has 2 heterocycles. The van der Waals surface area contributed by atoms with E-state index in [1.807, 2.05) is 13.8 Å². The van der Waals surface area contributed by atoms with Crippen LogP contribution in [-0.4, -0.2) is 52.2 Å². The number of esters is 1. The van der Waals surface area contributed by atoms with Crippen molar-refractivity contribution in [2.75, 3.05) is 20.3 Å². The van der Waals surface area contributed by atoms with Crippen molar-refractivity contribution in [3.05, 3.63) is 57.1 Å². The van der Waals surface area contributed by atoms with Crippen molar-refractivity contribution >= 4 is 40.6 Å². The number of methoxy groups -OCH3 is 1. The van der Waals surface area contributed by atoms with Gasteiger partial charge in [-0.1, -0.05) is 19.9 Å². The summed E-state index contributed by atoms with van der Waals surface area (Å²) < 4.78 is 15.9. The Balaban J connectivity index is 1.77. The lowest BCUT2D eigenvalue weighted by Crippen LogP contribution is -2.34. The Morgan fingerprint density at radius 3 is 2.71 bits per heavy atom. The second-order valence-electron chi connectivity index (χ2n) is 7.44. The van der Waals surface area contributed by atoms with Crippen LogP contribution in [0.15, 0.2) is 41.4 Å². The number of aromatic nitrogens is 1. The van der Waals surface area contributed by atoms with Crippen molar-refractivity contribution < 1.29 is 33.5 Å². The molecule has 0 bridgehead atoms. The zero-order chi connectivity index (χ0) is 24.8. The van der Waals surface area contributed by atoms with Crippen LogP contribution in [0, 0.1) is 16.0 Å². The number of pyridine rings is 1. The molecule has 0 spiro atoms. The number of ether oxygens (including phenoxy) is 3. The summed E-state index contributed by atoms with van der Waals surface area (Å²) in [6, 6.07) is 7.30.